The number of benzene rings is 2. The number of hydrogen-bond donors (Lipinski definition) is 1. The first-order valence-corrected chi connectivity index (χ1v) is 11.1. The fourth-order valence-corrected chi connectivity index (χ4v) is 4.10. The monoisotopic (exact) mass is 417 g/mol. The predicted octanol–water partition coefficient (Wildman–Crippen LogP) is 1.88. The molecule has 1 saturated heterocycles. The first kappa shape index (κ1) is 21.1. The van der Waals surface area contributed by atoms with Crippen molar-refractivity contribution >= 4 is 21.6 Å². The van der Waals surface area contributed by atoms with E-state index in [-0.39, 0.29) is 10.8 Å². The van der Waals surface area contributed by atoms with Crippen LogP contribution in [0.15, 0.2) is 53.4 Å². The van der Waals surface area contributed by atoms with Gasteiger partial charge < -0.3 is 14.5 Å². The zero-order valence-electron chi connectivity index (χ0n) is 16.8. The van der Waals surface area contributed by atoms with Gasteiger partial charge in [0.2, 0.25) is 15.9 Å². The Morgan fingerprint density at radius 3 is 2.17 bits per heavy atom. The average Bonchev–Trinajstić information content (AvgIpc) is 2.78. The Bertz CT molecular complexity index is 919. The Morgan fingerprint density at radius 1 is 1.00 bits per heavy atom. The van der Waals surface area contributed by atoms with Crippen LogP contribution in [0.2, 0.25) is 0 Å². The average molecular weight is 418 g/mol. The van der Waals surface area contributed by atoms with Gasteiger partial charge in [0, 0.05) is 38.3 Å². The molecule has 0 unspecified atom stereocenters. The minimum Gasteiger partial charge on any atom is -0.497 e. The summed E-state index contributed by atoms with van der Waals surface area (Å²) in [7, 11) is -0.396. The number of piperazine rings is 1. The second kappa shape index (κ2) is 9.28. The van der Waals surface area contributed by atoms with Gasteiger partial charge in [-0.15, -0.1) is 0 Å². The van der Waals surface area contributed by atoms with Gasteiger partial charge in [0.05, 0.1) is 12.0 Å². The summed E-state index contributed by atoms with van der Waals surface area (Å²) in [5.41, 5.74) is 2.08. The molecule has 0 spiro atoms. The van der Waals surface area contributed by atoms with Crippen molar-refractivity contribution in [2.24, 2.45) is 0 Å². The van der Waals surface area contributed by atoms with Crippen LogP contribution in [-0.4, -0.2) is 59.6 Å². The number of rotatable bonds is 7. The number of carbonyl (C=O) groups excluding carboxylic acids is 1. The van der Waals surface area contributed by atoms with Gasteiger partial charge in [0.25, 0.3) is 0 Å². The molecule has 1 amide bonds. The van der Waals surface area contributed by atoms with Crippen molar-refractivity contribution in [3.63, 3.8) is 0 Å². The number of nitrogens with one attached hydrogen (secondary N) is 1. The highest BCUT2D eigenvalue weighted by atomic mass is 32.2. The van der Waals surface area contributed by atoms with Crippen LogP contribution < -0.4 is 14.4 Å². The van der Waals surface area contributed by atoms with Crippen LogP contribution in [0.4, 0.5) is 5.69 Å². The number of nitrogens with zero attached hydrogens (tertiary/aromatic N) is 2. The summed E-state index contributed by atoms with van der Waals surface area (Å²) in [5, 5.41) is 0. The maximum Gasteiger partial charge on any atom is 0.240 e. The molecule has 156 valence electrons. The Morgan fingerprint density at radius 2 is 1.62 bits per heavy atom. The fourth-order valence-electron chi connectivity index (χ4n) is 3.37. The van der Waals surface area contributed by atoms with Gasteiger partial charge in [-0.25, -0.2) is 13.1 Å². The highest BCUT2D eigenvalue weighted by Gasteiger charge is 2.21. The zero-order valence-corrected chi connectivity index (χ0v) is 17.6. The van der Waals surface area contributed by atoms with E-state index < -0.39 is 10.0 Å². The van der Waals surface area contributed by atoms with Crippen molar-refractivity contribution in [1.82, 2.24) is 9.62 Å². The van der Waals surface area contributed by atoms with Gasteiger partial charge in [0.15, 0.2) is 0 Å². The number of methoxy groups -OCH3 is 1. The molecule has 1 aliphatic heterocycles. The summed E-state index contributed by atoms with van der Waals surface area (Å²) < 4.78 is 31.0. The molecular weight excluding hydrogens is 390 g/mol. The third kappa shape index (κ3) is 5.27. The van der Waals surface area contributed by atoms with Crippen LogP contribution in [0.3, 0.4) is 0 Å². The van der Waals surface area contributed by atoms with Gasteiger partial charge in [0.1, 0.15) is 5.75 Å². The minimum atomic E-state index is -3.43. The standard InChI is InChI=1S/C21H27N3O4S/c1-22-29(26,27)20-10-3-17(4-11-20)5-12-21(25)24-15-13-23(14-16-24)18-6-8-19(28-2)9-7-18/h3-4,6-11,22H,5,12-16H2,1-2H3. The molecule has 1 aliphatic rings. The number of amides is 1. The number of hydrogen-bond acceptors (Lipinski definition) is 5. The quantitative estimate of drug-likeness (QED) is 0.744. The van der Waals surface area contributed by atoms with Crippen molar-refractivity contribution in [3.05, 3.63) is 54.1 Å². The normalized spacial score (nSPS) is 14.7. The number of aryl methyl sites for hydroxylation is 1. The molecule has 0 bridgehead atoms. The Balaban J connectivity index is 1.48. The van der Waals surface area contributed by atoms with E-state index in [1.807, 2.05) is 29.2 Å². The van der Waals surface area contributed by atoms with E-state index in [4.69, 9.17) is 4.74 Å². The van der Waals surface area contributed by atoms with Crippen LogP contribution >= 0.6 is 0 Å². The van der Waals surface area contributed by atoms with Gasteiger partial charge in [-0.3, -0.25) is 4.79 Å². The summed E-state index contributed by atoms with van der Waals surface area (Å²) in [4.78, 5) is 17.0. The molecule has 7 nitrogen and oxygen atoms in total. The number of ether oxygens (including phenoxy) is 1. The molecule has 0 radical (unpaired) electrons. The van der Waals surface area contributed by atoms with E-state index in [1.54, 1.807) is 31.4 Å². The van der Waals surface area contributed by atoms with Crippen molar-refractivity contribution < 1.29 is 17.9 Å². The zero-order chi connectivity index (χ0) is 20.9. The van der Waals surface area contributed by atoms with E-state index in [9.17, 15) is 13.2 Å². The largest absolute Gasteiger partial charge is 0.497 e. The van der Waals surface area contributed by atoms with E-state index in [2.05, 4.69) is 9.62 Å². The lowest BCUT2D eigenvalue weighted by molar-refractivity contribution is -0.131. The molecule has 29 heavy (non-hydrogen) atoms. The summed E-state index contributed by atoms with van der Waals surface area (Å²) in [6.07, 6.45) is 1.01. The van der Waals surface area contributed by atoms with E-state index in [0.29, 0.717) is 25.9 Å². The number of sulfonamides is 1. The van der Waals surface area contributed by atoms with Crippen LogP contribution in [0.1, 0.15) is 12.0 Å². The molecule has 1 heterocycles. The fraction of sp³-hybridized carbons (Fsp3) is 0.381. The van der Waals surface area contributed by atoms with Crippen LogP contribution in [-0.2, 0) is 21.2 Å². The van der Waals surface area contributed by atoms with Crippen molar-refractivity contribution in [2.45, 2.75) is 17.7 Å². The first-order chi connectivity index (χ1) is 13.9. The Hall–Kier alpha value is -2.58. The summed E-state index contributed by atoms with van der Waals surface area (Å²) >= 11 is 0. The summed E-state index contributed by atoms with van der Waals surface area (Å²) in [6.45, 7) is 3.00. The van der Waals surface area contributed by atoms with Crippen LogP contribution in [0.25, 0.3) is 0 Å². The molecule has 0 aliphatic carbocycles. The Kier molecular flexibility index (Phi) is 6.76. The topological polar surface area (TPSA) is 79.0 Å². The highest BCUT2D eigenvalue weighted by molar-refractivity contribution is 7.89. The van der Waals surface area contributed by atoms with E-state index in [1.165, 1.54) is 7.05 Å². The third-order valence-corrected chi connectivity index (χ3v) is 6.63. The molecule has 0 atom stereocenters. The Labute approximate surface area is 172 Å². The van der Waals surface area contributed by atoms with Crippen molar-refractivity contribution in [2.75, 3.05) is 45.2 Å². The molecule has 2 aromatic rings. The maximum absolute atomic E-state index is 12.6. The molecular formula is C21H27N3O4S. The van der Waals surface area contributed by atoms with Crippen molar-refractivity contribution in [1.29, 1.82) is 0 Å². The first-order valence-electron chi connectivity index (χ1n) is 9.62. The molecule has 8 heteroatoms. The predicted molar refractivity (Wildman–Crippen MR) is 113 cm³/mol. The van der Waals surface area contributed by atoms with Crippen molar-refractivity contribution in [3.8, 4) is 5.75 Å². The lowest BCUT2D eigenvalue weighted by Crippen LogP contribution is -2.48. The van der Waals surface area contributed by atoms with Crippen LogP contribution in [0.5, 0.6) is 5.75 Å². The SMILES string of the molecule is CNS(=O)(=O)c1ccc(CCC(=O)N2CCN(c3ccc(OC)cc3)CC2)cc1. The molecule has 1 fully saturated rings. The summed E-state index contributed by atoms with van der Waals surface area (Å²) in [5.74, 6) is 0.963. The minimum absolute atomic E-state index is 0.131. The van der Waals surface area contributed by atoms with Gasteiger partial charge in [-0.2, -0.15) is 0 Å². The van der Waals surface area contributed by atoms with Gasteiger partial charge in [-0.1, -0.05) is 12.1 Å². The lowest BCUT2D eigenvalue weighted by Gasteiger charge is -2.36. The molecule has 1 N–H and O–H groups in total. The number of carbonyl (C=O) groups is 1. The molecule has 0 aromatic heterocycles. The third-order valence-electron chi connectivity index (χ3n) is 5.20. The van der Waals surface area contributed by atoms with Crippen LogP contribution in [0, 0.1) is 0 Å². The second-order valence-corrected chi connectivity index (χ2v) is 8.80. The number of anilines is 1. The highest BCUT2D eigenvalue weighted by Crippen LogP contribution is 2.21. The molecule has 3 rings (SSSR count). The van der Waals surface area contributed by atoms with Gasteiger partial charge >= 0.3 is 0 Å². The lowest BCUT2D eigenvalue weighted by atomic mass is 10.1. The van der Waals surface area contributed by atoms with Gasteiger partial charge in [-0.05, 0) is 55.4 Å². The second-order valence-electron chi connectivity index (χ2n) is 6.92. The maximum atomic E-state index is 12.6. The summed E-state index contributed by atoms with van der Waals surface area (Å²) in [6, 6.07) is 14.6. The van der Waals surface area contributed by atoms with E-state index >= 15 is 0 Å². The van der Waals surface area contributed by atoms with E-state index in [0.717, 1.165) is 30.1 Å². The molecule has 2 aromatic carbocycles. The molecule has 0 saturated carbocycles. The smallest absolute Gasteiger partial charge is 0.240 e.